The maximum atomic E-state index is 12.1. The number of rotatable bonds is 3. The van der Waals surface area contributed by atoms with Gasteiger partial charge in [0.05, 0.1) is 17.5 Å². The third kappa shape index (κ3) is 3.45. The van der Waals surface area contributed by atoms with Crippen LogP contribution in [0.4, 0.5) is 0 Å². The zero-order chi connectivity index (χ0) is 13.2. The first-order chi connectivity index (χ1) is 8.50. The normalized spacial score (nSPS) is 35.3. The maximum Gasteiger partial charge on any atom is 0.237 e. The summed E-state index contributed by atoms with van der Waals surface area (Å²) >= 11 is 0. The van der Waals surface area contributed by atoms with E-state index in [0.717, 1.165) is 25.8 Å². The number of nitrogens with one attached hydrogen (secondary N) is 2. The monoisotopic (exact) mass is 274 g/mol. The van der Waals surface area contributed by atoms with Crippen molar-refractivity contribution in [2.24, 2.45) is 5.92 Å². The van der Waals surface area contributed by atoms with Crippen molar-refractivity contribution >= 4 is 15.7 Å². The van der Waals surface area contributed by atoms with E-state index in [0.29, 0.717) is 12.3 Å². The summed E-state index contributed by atoms with van der Waals surface area (Å²) in [7, 11) is -2.92. The van der Waals surface area contributed by atoms with Crippen LogP contribution in [0.25, 0.3) is 0 Å². The van der Waals surface area contributed by atoms with Crippen LogP contribution in [-0.4, -0.2) is 44.5 Å². The average Bonchev–Trinajstić information content (AvgIpc) is 2.68. The van der Waals surface area contributed by atoms with Crippen LogP contribution in [0, 0.1) is 5.92 Å². The molecule has 2 rings (SSSR count). The molecule has 0 saturated carbocycles. The molecule has 0 aromatic rings. The summed E-state index contributed by atoms with van der Waals surface area (Å²) < 4.78 is 22.7. The van der Waals surface area contributed by atoms with Crippen LogP contribution >= 0.6 is 0 Å². The topological polar surface area (TPSA) is 75.3 Å². The molecule has 0 aromatic carbocycles. The smallest absolute Gasteiger partial charge is 0.237 e. The second-order valence-corrected chi connectivity index (χ2v) is 7.64. The molecule has 0 bridgehead atoms. The summed E-state index contributed by atoms with van der Waals surface area (Å²) in [4.78, 5) is 12.1. The highest BCUT2D eigenvalue weighted by Crippen LogP contribution is 2.20. The number of amides is 1. The summed E-state index contributed by atoms with van der Waals surface area (Å²) in [5, 5.41) is 6.08. The van der Waals surface area contributed by atoms with Crippen LogP contribution in [0.3, 0.4) is 0 Å². The predicted molar refractivity (Wildman–Crippen MR) is 70.0 cm³/mol. The Morgan fingerprint density at radius 1 is 1.39 bits per heavy atom. The molecule has 104 valence electrons. The number of carbonyl (C=O) groups excluding carboxylic acids is 1. The lowest BCUT2D eigenvalue weighted by molar-refractivity contribution is -0.124. The van der Waals surface area contributed by atoms with Gasteiger partial charge in [0.1, 0.15) is 0 Å². The Morgan fingerprint density at radius 2 is 2.17 bits per heavy atom. The lowest BCUT2D eigenvalue weighted by Gasteiger charge is -2.29. The molecule has 5 nitrogen and oxygen atoms in total. The molecule has 1 amide bonds. The third-order valence-electron chi connectivity index (χ3n) is 3.99. The van der Waals surface area contributed by atoms with Crippen molar-refractivity contribution in [2.75, 3.05) is 18.1 Å². The van der Waals surface area contributed by atoms with Crippen LogP contribution in [0.15, 0.2) is 0 Å². The van der Waals surface area contributed by atoms with Crippen molar-refractivity contribution in [1.29, 1.82) is 0 Å². The van der Waals surface area contributed by atoms with Crippen LogP contribution in [0.2, 0.25) is 0 Å². The molecule has 0 radical (unpaired) electrons. The molecule has 2 N–H and O–H groups in total. The van der Waals surface area contributed by atoms with Gasteiger partial charge in [-0.25, -0.2) is 8.42 Å². The Labute approximate surface area is 109 Å². The quantitative estimate of drug-likeness (QED) is 0.763. The Hall–Kier alpha value is -0.620. The Kier molecular flexibility index (Phi) is 4.27. The largest absolute Gasteiger partial charge is 0.351 e. The van der Waals surface area contributed by atoms with Crippen molar-refractivity contribution < 1.29 is 13.2 Å². The highest BCUT2D eigenvalue weighted by Gasteiger charge is 2.32. The van der Waals surface area contributed by atoms with Gasteiger partial charge < -0.3 is 10.6 Å². The minimum Gasteiger partial charge on any atom is -0.351 e. The number of hydrogen-bond acceptors (Lipinski definition) is 4. The van der Waals surface area contributed by atoms with E-state index in [1.807, 2.05) is 0 Å². The van der Waals surface area contributed by atoms with Crippen molar-refractivity contribution in [3.8, 4) is 0 Å². The second kappa shape index (κ2) is 5.57. The van der Waals surface area contributed by atoms with Gasteiger partial charge >= 0.3 is 0 Å². The summed E-state index contributed by atoms with van der Waals surface area (Å²) in [6.07, 6.45) is 3.64. The molecule has 0 aliphatic carbocycles. The van der Waals surface area contributed by atoms with Gasteiger partial charge in [0.15, 0.2) is 9.84 Å². The predicted octanol–water partition coefficient (Wildman–Crippen LogP) is 0.0679. The standard InChI is InChI=1S/C12H22N2O3S/c1-2-9-3-5-13-11(7-9)12(15)14-10-4-6-18(16,17)8-10/h9-11,13H,2-8H2,1H3,(H,14,15). The zero-order valence-corrected chi connectivity index (χ0v) is 11.6. The Bertz CT molecular complexity index is 408. The van der Waals surface area contributed by atoms with Crippen molar-refractivity contribution in [1.82, 2.24) is 10.6 Å². The summed E-state index contributed by atoms with van der Waals surface area (Å²) in [6.45, 7) is 3.02. The van der Waals surface area contributed by atoms with Gasteiger partial charge in [-0.3, -0.25) is 4.79 Å². The van der Waals surface area contributed by atoms with Crippen molar-refractivity contribution in [3.05, 3.63) is 0 Å². The lowest BCUT2D eigenvalue weighted by atomic mass is 9.90. The lowest BCUT2D eigenvalue weighted by Crippen LogP contribution is -2.51. The van der Waals surface area contributed by atoms with Crippen LogP contribution in [0.5, 0.6) is 0 Å². The fourth-order valence-corrected chi connectivity index (χ4v) is 4.45. The van der Waals surface area contributed by atoms with Gasteiger partial charge in [-0.05, 0) is 31.7 Å². The highest BCUT2D eigenvalue weighted by molar-refractivity contribution is 7.91. The molecule has 2 aliphatic heterocycles. The number of hydrogen-bond donors (Lipinski definition) is 2. The Morgan fingerprint density at radius 3 is 2.78 bits per heavy atom. The molecule has 2 heterocycles. The first-order valence-corrected chi connectivity index (χ1v) is 8.56. The molecule has 2 aliphatic rings. The Balaban J connectivity index is 1.84. The summed E-state index contributed by atoms with van der Waals surface area (Å²) in [5.41, 5.74) is 0. The molecule has 2 saturated heterocycles. The van der Waals surface area contributed by atoms with Gasteiger partial charge in [0.2, 0.25) is 5.91 Å². The van der Waals surface area contributed by atoms with E-state index in [1.165, 1.54) is 0 Å². The molecule has 6 heteroatoms. The SMILES string of the molecule is CCC1CCNC(C(=O)NC2CCS(=O)(=O)C2)C1. The fraction of sp³-hybridized carbons (Fsp3) is 0.917. The van der Waals surface area contributed by atoms with Gasteiger partial charge in [0, 0.05) is 6.04 Å². The van der Waals surface area contributed by atoms with Gasteiger partial charge in [-0.15, -0.1) is 0 Å². The van der Waals surface area contributed by atoms with Gasteiger partial charge in [-0.1, -0.05) is 13.3 Å². The third-order valence-corrected chi connectivity index (χ3v) is 5.75. The number of carbonyl (C=O) groups is 1. The highest BCUT2D eigenvalue weighted by atomic mass is 32.2. The van der Waals surface area contributed by atoms with Gasteiger partial charge in [-0.2, -0.15) is 0 Å². The molecule has 0 spiro atoms. The van der Waals surface area contributed by atoms with E-state index in [1.54, 1.807) is 0 Å². The molecule has 3 atom stereocenters. The van der Waals surface area contributed by atoms with Crippen LogP contribution in [0.1, 0.15) is 32.6 Å². The van der Waals surface area contributed by atoms with E-state index < -0.39 is 9.84 Å². The minimum absolute atomic E-state index is 0.0322. The van der Waals surface area contributed by atoms with Gasteiger partial charge in [0.25, 0.3) is 0 Å². The van der Waals surface area contributed by atoms with E-state index in [4.69, 9.17) is 0 Å². The molecular weight excluding hydrogens is 252 g/mol. The average molecular weight is 274 g/mol. The van der Waals surface area contributed by atoms with E-state index in [9.17, 15) is 13.2 Å². The second-order valence-electron chi connectivity index (χ2n) is 5.41. The van der Waals surface area contributed by atoms with Crippen molar-refractivity contribution in [2.45, 2.75) is 44.7 Å². The first-order valence-electron chi connectivity index (χ1n) is 6.74. The van der Waals surface area contributed by atoms with E-state index in [2.05, 4.69) is 17.6 Å². The molecule has 3 unspecified atom stereocenters. The molecule has 18 heavy (non-hydrogen) atoms. The molecular formula is C12H22N2O3S. The fourth-order valence-electron chi connectivity index (χ4n) is 2.78. The van der Waals surface area contributed by atoms with Crippen LogP contribution in [-0.2, 0) is 14.6 Å². The molecule has 2 fully saturated rings. The van der Waals surface area contributed by atoms with E-state index in [-0.39, 0.29) is 29.5 Å². The number of sulfone groups is 1. The first kappa shape index (κ1) is 13.8. The minimum atomic E-state index is -2.92. The van der Waals surface area contributed by atoms with E-state index >= 15 is 0 Å². The number of piperidine rings is 1. The molecule has 0 aromatic heterocycles. The van der Waals surface area contributed by atoms with Crippen molar-refractivity contribution in [3.63, 3.8) is 0 Å². The zero-order valence-electron chi connectivity index (χ0n) is 10.8. The van der Waals surface area contributed by atoms with Crippen LogP contribution < -0.4 is 10.6 Å². The maximum absolute atomic E-state index is 12.1. The summed E-state index contributed by atoms with van der Waals surface area (Å²) in [6, 6.07) is -0.335. The summed E-state index contributed by atoms with van der Waals surface area (Å²) in [5.74, 6) is 0.876.